The Morgan fingerprint density at radius 1 is 1.46 bits per heavy atom. The summed E-state index contributed by atoms with van der Waals surface area (Å²) in [5, 5.41) is 7.31. The zero-order valence-corrected chi connectivity index (χ0v) is 14.3. The van der Waals surface area contributed by atoms with Crippen molar-refractivity contribution in [1.82, 2.24) is 20.4 Å². The van der Waals surface area contributed by atoms with Gasteiger partial charge in [0.15, 0.2) is 0 Å². The summed E-state index contributed by atoms with van der Waals surface area (Å²) in [5.74, 6) is 0.602. The van der Waals surface area contributed by atoms with Crippen LogP contribution in [0.3, 0.4) is 0 Å². The number of nitrogens with one attached hydrogen (secondary N) is 1. The maximum absolute atomic E-state index is 13.7. The average Bonchev–Trinajstić information content (AvgIpc) is 3.05. The van der Waals surface area contributed by atoms with Crippen molar-refractivity contribution in [2.24, 2.45) is 0 Å². The van der Waals surface area contributed by atoms with E-state index in [0.29, 0.717) is 29.4 Å². The van der Waals surface area contributed by atoms with Gasteiger partial charge in [-0.05, 0) is 32.5 Å². The molecule has 0 radical (unpaired) electrons. The van der Waals surface area contributed by atoms with Crippen LogP contribution in [-0.2, 0) is 4.74 Å². The molecular formula is C17H23FN4O2. The third kappa shape index (κ3) is 3.98. The molecule has 24 heavy (non-hydrogen) atoms. The largest absolute Gasteiger partial charge is 0.374 e. The minimum atomic E-state index is -0.274. The summed E-state index contributed by atoms with van der Waals surface area (Å²) < 4.78 is 24.7. The highest BCUT2D eigenvalue weighted by molar-refractivity contribution is 5.54. The van der Waals surface area contributed by atoms with E-state index in [1.165, 1.54) is 6.07 Å². The molecule has 130 valence electrons. The summed E-state index contributed by atoms with van der Waals surface area (Å²) in [7, 11) is 2.09. The fourth-order valence-electron chi connectivity index (χ4n) is 2.65. The zero-order chi connectivity index (χ0) is 17.1. The third-order valence-electron chi connectivity index (χ3n) is 4.24. The Kier molecular flexibility index (Phi) is 5.23. The van der Waals surface area contributed by atoms with Crippen LogP contribution in [0.15, 0.2) is 22.7 Å². The van der Waals surface area contributed by atoms with Crippen molar-refractivity contribution in [2.75, 3.05) is 33.3 Å². The molecule has 0 bridgehead atoms. The Morgan fingerprint density at radius 3 is 3.04 bits per heavy atom. The number of hydrogen-bond donors (Lipinski definition) is 1. The van der Waals surface area contributed by atoms with Crippen molar-refractivity contribution in [3.05, 3.63) is 35.5 Å². The summed E-state index contributed by atoms with van der Waals surface area (Å²) in [5.41, 5.74) is 1.20. The van der Waals surface area contributed by atoms with Gasteiger partial charge in [0.05, 0.1) is 18.8 Å². The van der Waals surface area contributed by atoms with E-state index in [0.717, 1.165) is 19.7 Å². The molecule has 3 rings (SSSR count). The number of ether oxygens (including phenoxy) is 1. The minimum Gasteiger partial charge on any atom is -0.374 e. The van der Waals surface area contributed by atoms with E-state index in [4.69, 9.17) is 9.26 Å². The molecule has 1 N–H and O–H groups in total. The first kappa shape index (κ1) is 17.0. The Balaban J connectivity index is 1.61. The molecule has 2 heterocycles. The quantitative estimate of drug-likeness (QED) is 0.904. The molecule has 1 aliphatic heterocycles. The van der Waals surface area contributed by atoms with Gasteiger partial charge in [-0.25, -0.2) is 4.39 Å². The molecule has 1 aliphatic rings. The molecule has 2 atom stereocenters. The van der Waals surface area contributed by atoms with Gasteiger partial charge in [-0.15, -0.1) is 0 Å². The number of rotatable bonds is 5. The minimum absolute atomic E-state index is 0.0997. The molecule has 1 saturated heterocycles. The second-order valence-corrected chi connectivity index (χ2v) is 6.31. The monoisotopic (exact) mass is 334 g/mol. The van der Waals surface area contributed by atoms with Gasteiger partial charge in [0.25, 0.3) is 0 Å². The number of aromatic nitrogens is 2. The Labute approximate surface area is 141 Å². The van der Waals surface area contributed by atoms with E-state index in [1.807, 2.05) is 6.92 Å². The number of aryl methyl sites for hydroxylation is 1. The lowest BCUT2D eigenvalue weighted by molar-refractivity contribution is -0.0194. The summed E-state index contributed by atoms with van der Waals surface area (Å²) in [6, 6.07) is 4.82. The van der Waals surface area contributed by atoms with Crippen molar-refractivity contribution >= 4 is 0 Å². The van der Waals surface area contributed by atoms with Gasteiger partial charge in [-0.2, -0.15) is 4.98 Å². The third-order valence-corrected chi connectivity index (χ3v) is 4.24. The standard InChI is InChI=1S/C17H23FN4O2/c1-11-4-5-13(8-15(11)18)16-20-17(24-21-16)12(2)19-9-14-10-22(3)6-7-23-14/h4-5,8,12,14,19H,6-7,9-10H2,1-3H3/t12-,14+/m0/s1. The van der Waals surface area contributed by atoms with Gasteiger partial charge in [-0.1, -0.05) is 17.3 Å². The number of morpholine rings is 1. The van der Waals surface area contributed by atoms with E-state index in [1.54, 1.807) is 19.1 Å². The average molecular weight is 334 g/mol. The number of benzene rings is 1. The van der Waals surface area contributed by atoms with Gasteiger partial charge in [-0.3, -0.25) is 0 Å². The van der Waals surface area contributed by atoms with Crippen molar-refractivity contribution in [2.45, 2.75) is 26.0 Å². The molecule has 2 aromatic rings. The van der Waals surface area contributed by atoms with Crippen LogP contribution in [0.4, 0.5) is 4.39 Å². The van der Waals surface area contributed by atoms with Crippen LogP contribution in [0.2, 0.25) is 0 Å². The molecule has 0 spiro atoms. The smallest absolute Gasteiger partial charge is 0.243 e. The van der Waals surface area contributed by atoms with Gasteiger partial charge in [0.1, 0.15) is 5.82 Å². The first-order valence-corrected chi connectivity index (χ1v) is 8.16. The summed E-state index contributed by atoms with van der Waals surface area (Å²) in [4.78, 5) is 6.62. The van der Waals surface area contributed by atoms with Gasteiger partial charge >= 0.3 is 0 Å². The highest BCUT2D eigenvalue weighted by Crippen LogP contribution is 2.21. The second-order valence-electron chi connectivity index (χ2n) is 6.31. The van der Waals surface area contributed by atoms with Crippen molar-refractivity contribution in [1.29, 1.82) is 0 Å². The molecule has 0 aliphatic carbocycles. The molecule has 1 fully saturated rings. The van der Waals surface area contributed by atoms with Crippen molar-refractivity contribution in [3.63, 3.8) is 0 Å². The van der Waals surface area contributed by atoms with Crippen LogP contribution >= 0.6 is 0 Å². The highest BCUT2D eigenvalue weighted by atomic mass is 19.1. The lowest BCUT2D eigenvalue weighted by Gasteiger charge is -2.30. The Morgan fingerprint density at radius 2 is 2.29 bits per heavy atom. The zero-order valence-electron chi connectivity index (χ0n) is 14.3. The fraction of sp³-hybridized carbons (Fsp3) is 0.529. The summed E-state index contributed by atoms with van der Waals surface area (Å²) in [6.07, 6.45) is 0.153. The molecule has 7 heteroatoms. The van der Waals surface area contributed by atoms with Crippen molar-refractivity contribution < 1.29 is 13.7 Å². The molecule has 1 aromatic heterocycles. The molecule has 0 saturated carbocycles. The van der Waals surface area contributed by atoms with Crippen LogP contribution in [0, 0.1) is 12.7 Å². The number of halogens is 1. The lowest BCUT2D eigenvalue weighted by atomic mass is 10.1. The molecule has 1 aromatic carbocycles. The maximum Gasteiger partial charge on any atom is 0.243 e. The maximum atomic E-state index is 13.7. The molecule has 0 amide bonds. The molecular weight excluding hydrogens is 311 g/mol. The van der Waals surface area contributed by atoms with Crippen molar-refractivity contribution in [3.8, 4) is 11.4 Å². The topological polar surface area (TPSA) is 63.4 Å². The van der Waals surface area contributed by atoms with E-state index in [9.17, 15) is 4.39 Å². The first-order chi connectivity index (χ1) is 11.5. The van der Waals surface area contributed by atoms with Crippen LogP contribution in [0.5, 0.6) is 0 Å². The second kappa shape index (κ2) is 7.38. The SMILES string of the molecule is Cc1ccc(-c2noc([C@H](C)NC[C@@H]3CN(C)CCO3)n2)cc1F. The fourth-order valence-corrected chi connectivity index (χ4v) is 2.65. The van der Waals surface area contributed by atoms with Crippen LogP contribution < -0.4 is 5.32 Å². The first-order valence-electron chi connectivity index (χ1n) is 8.16. The summed E-state index contributed by atoms with van der Waals surface area (Å²) >= 11 is 0. The lowest BCUT2D eigenvalue weighted by Crippen LogP contribution is -2.45. The molecule has 0 unspecified atom stereocenters. The predicted octanol–water partition coefficient (Wildman–Crippen LogP) is 2.17. The van der Waals surface area contributed by atoms with Crippen LogP contribution in [0.25, 0.3) is 11.4 Å². The van der Waals surface area contributed by atoms with Gasteiger partial charge in [0, 0.05) is 25.2 Å². The van der Waals surface area contributed by atoms with Crippen LogP contribution in [0.1, 0.15) is 24.4 Å². The normalized spacial score (nSPS) is 20.2. The van der Waals surface area contributed by atoms with E-state index < -0.39 is 0 Å². The van der Waals surface area contributed by atoms with E-state index in [2.05, 4.69) is 27.4 Å². The predicted molar refractivity (Wildman–Crippen MR) is 88.1 cm³/mol. The molecule has 6 nitrogen and oxygen atoms in total. The van der Waals surface area contributed by atoms with Gasteiger partial charge < -0.3 is 19.5 Å². The van der Waals surface area contributed by atoms with Gasteiger partial charge in [0.2, 0.25) is 11.7 Å². The number of hydrogen-bond acceptors (Lipinski definition) is 6. The number of likely N-dealkylation sites (N-methyl/N-ethyl adjacent to an activating group) is 1. The van der Waals surface area contributed by atoms with Crippen LogP contribution in [-0.4, -0.2) is 54.4 Å². The number of nitrogens with zero attached hydrogens (tertiary/aromatic N) is 3. The Bertz CT molecular complexity index is 691. The Hall–Kier alpha value is -1.83. The highest BCUT2D eigenvalue weighted by Gasteiger charge is 2.20. The van der Waals surface area contributed by atoms with E-state index in [-0.39, 0.29) is 18.0 Å². The summed E-state index contributed by atoms with van der Waals surface area (Å²) in [6.45, 7) is 7.00. The van der Waals surface area contributed by atoms with E-state index >= 15 is 0 Å².